The monoisotopic (exact) mass is 294 g/mol. The fourth-order valence-electron chi connectivity index (χ4n) is 1.66. The van der Waals surface area contributed by atoms with Gasteiger partial charge in [0.1, 0.15) is 0 Å². The first kappa shape index (κ1) is 17.0. The topological polar surface area (TPSA) is 87.7 Å². The van der Waals surface area contributed by atoms with Crippen molar-refractivity contribution in [3.8, 4) is 0 Å². The molecular formula is C15H22N2O4. The van der Waals surface area contributed by atoms with Crippen molar-refractivity contribution >= 4 is 12.0 Å². The molecule has 0 aromatic heterocycles. The number of ether oxygens (including phenoxy) is 1. The molecule has 1 rings (SSSR count). The zero-order valence-electron chi connectivity index (χ0n) is 12.2. The highest BCUT2D eigenvalue weighted by Crippen LogP contribution is 2.05. The molecule has 0 saturated heterocycles. The Morgan fingerprint density at radius 3 is 2.43 bits per heavy atom. The lowest BCUT2D eigenvalue weighted by Crippen LogP contribution is -2.35. The molecule has 0 aliphatic carbocycles. The van der Waals surface area contributed by atoms with Crippen LogP contribution in [0.3, 0.4) is 0 Å². The van der Waals surface area contributed by atoms with E-state index in [4.69, 9.17) is 9.84 Å². The van der Waals surface area contributed by atoms with Gasteiger partial charge in [-0.05, 0) is 24.5 Å². The number of rotatable bonds is 9. The molecule has 1 aromatic rings. The number of carbonyl (C=O) groups is 2. The van der Waals surface area contributed by atoms with Crippen LogP contribution in [-0.4, -0.2) is 30.3 Å². The molecule has 6 heteroatoms. The van der Waals surface area contributed by atoms with Gasteiger partial charge in [0.15, 0.2) is 0 Å². The van der Waals surface area contributed by atoms with Crippen LogP contribution in [0.15, 0.2) is 24.3 Å². The van der Waals surface area contributed by atoms with Gasteiger partial charge in [-0.25, -0.2) is 4.79 Å². The Balaban J connectivity index is 2.21. The number of benzene rings is 1. The molecule has 0 aliphatic heterocycles. The number of carboxylic acids is 1. The van der Waals surface area contributed by atoms with Crippen molar-refractivity contribution in [3.05, 3.63) is 35.4 Å². The summed E-state index contributed by atoms with van der Waals surface area (Å²) in [4.78, 5) is 21.8. The third kappa shape index (κ3) is 7.94. The first-order valence-corrected chi connectivity index (χ1v) is 7.01. The lowest BCUT2D eigenvalue weighted by Gasteiger charge is -2.08. The Morgan fingerprint density at radius 1 is 1.14 bits per heavy atom. The largest absolute Gasteiger partial charge is 0.481 e. The summed E-state index contributed by atoms with van der Waals surface area (Å²) in [7, 11) is 0. The molecule has 0 radical (unpaired) electrons. The Bertz CT molecular complexity index is 445. The van der Waals surface area contributed by atoms with Crippen molar-refractivity contribution in [1.82, 2.24) is 10.6 Å². The second kappa shape index (κ2) is 9.77. The zero-order valence-corrected chi connectivity index (χ0v) is 12.2. The molecular weight excluding hydrogens is 272 g/mol. The molecule has 0 bridgehead atoms. The van der Waals surface area contributed by atoms with E-state index in [9.17, 15) is 9.59 Å². The van der Waals surface area contributed by atoms with Crippen molar-refractivity contribution in [1.29, 1.82) is 0 Å². The van der Waals surface area contributed by atoms with Crippen LogP contribution in [0.2, 0.25) is 0 Å². The molecule has 0 saturated carbocycles. The molecule has 116 valence electrons. The zero-order chi connectivity index (χ0) is 15.5. The van der Waals surface area contributed by atoms with E-state index >= 15 is 0 Å². The van der Waals surface area contributed by atoms with Crippen molar-refractivity contribution in [2.45, 2.75) is 32.9 Å². The lowest BCUT2D eigenvalue weighted by atomic mass is 10.1. The Morgan fingerprint density at radius 2 is 1.81 bits per heavy atom. The van der Waals surface area contributed by atoms with E-state index in [1.165, 1.54) is 0 Å². The fourth-order valence-corrected chi connectivity index (χ4v) is 1.66. The summed E-state index contributed by atoms with van der Waals surface area (Å²) >= 11 is 0. The maximum absolute atomic E-state index is 11.5. The van der Waals surface area contributed by atoms with Crippen molar-refractivity contribution in [2.24, 2.45) is 0 Å². The predicted molar refractivity (Wildman–Crippen MR) is 78.9 cm³/mol. The van der Waals surface area contributed by atoms with Crippen molar-refractivity contribution in [2.75, 3.05) is 13.2 Å². The Kier molecular flexibility index (Phi) is 7.89. The van der Waals surface area contributed by atoms with E-state index < -0.39 is 5.97 Å². The molecule has 0 heterocycles. The summed E-state index contributed by atoms with van der Waals surface area (Å²) in [6.45, 7) is 4.01. The van der Waals surface area contributed by atoms with Crippen LogP contribution < -0.4 is 10.6 Å². The average Bonchev–Trinajstić information content (AvgIpc) is 2.48. The minimum Gasteiger partial charge on any atom is -0.481 e. The summed E-state index contributed by atoms with van der Waals surface area (Å²) < 4.78 is 5.31. The average molecular weight is 294 g/mol. The van der Waals surface area contributed by atoms with Crippen LogP contribution in [0.25, 0.3) is 0 Å². The second-order valence-corrected chi connectivity index (χ2v) is 4.56. The van der Waals surface area contributed by atoms with Crippen molar-refractivity contribution in [3.63, 3.8) is 0 Å². The van der Waals surface area contributed by atoms with Crippen molar-refractivity contribution < 1.29 is 19.4 Å². The van der Waals surface area contributed by atoms with E-state index in [-0.39, 0.29) is 12.5 Å². The third-order valence-corrected chi connectivity index (χ3v) is 2.80. The number of carboxylic acid groups (broad SMARTS) is 1. The SMILES string of the molecule is CCOCc1ccc(CNC(=O)NCCCC(=O)O)cc1. The van der Waals surface area contributed by atoms with Crippen LogP contribution >= 0.6 is 0 Å². The van der Waals surface area contributed by atoms with Gasteiger partial charge in [0.25, 0.3) is 0 Å². The number of carbonyl (C=O) groups excluding carboxylic acids is 1. The summed E-state index contributed by atoms with van der Waals surface area (Å²) in [6.07, 6.45) is 0.483. The van der Waals surface area contributed by atoms with Crippen LogP contribution in [0.4, 0.5) is 4.79 Å². The molecule has 3 N–H and O–H groups in total. The van der Waals surface area contributed by atoms with Gasteiger partial charge < -0.3 is 20.5 Å². The predicted octanol–water partition coefficient (Wildman–Crippen LogP) is 1.89. The Labute approximate surface area is 124 Å². The maximum atomic E-state index is 11.5. The van der Waals surface area contributed by atoms with E-state index in [1.807, 2.05) is 31.2 Å². The maximum Gasteiger partial charge on any atom is 0.315 e. The van der Waals surface area contributed by atoms with Gasteiger partial charge in [0.05, 0.1) is 6.61 Å². The van der Waals surface area contributed by atoms with Crippen LogP contribution in [0.1, 0.15) is 30.9 Å². The highest BCUT2D eigenvalue weighted by molar-refractivity contribution is 5.73. The van der Waals surface area contributed by atoms with Gasteiger partial charge in [-0.15, -0.1) is 0 Å². The summed E-state index contributed by atoms with van der Waals surface area (Å²) in [5, 5.41) is 13.8. The summed E-state index contributed by atoms with van der Waals surface area (Å²) in [5.74, 6) is -0.857. The first-order chi connectivity index (χ1) is 10.1. The van der Waals surface area contributed by atoms with E-state index in [1.54, 1.807) is 0 Å². The van der Waals surface area contributed by atoms with Gasteiger partial charge >= 0.3 is 12.0 Å². The van der Waals surface area contributed by atoms with Gasteiger partial charge in [-0.2, -0.15) is 0 Å². The number of amides is 2. The minimum absolute atomic E-state index is 0.0571. The standard InChI is InChI=1S/C15H22N2O4/c1-2-21-11-13-7-5-12(6-8-13)10-17-15(20)16-9-3-4-14(18)19/h5-8H,2-4,9-11H2,1H3,(H,18,19)(H2,16,17,20). The van der Waals surface area contributed by atoms with Crippen LogP contribution in [-0.2, 0) is 22.7 Å². The summed E-state index contributed by atoms with van der Waals surface area (Å²) in [5.41, 5.74) is 2.09. The quantitative estimate of drug-likeness (QED) is 0.607. The number of hydrogen-bond acceptors (Lipinski definition) is 3. The van der Waals surface area contributed by atoms with Gasteiger partial charge in [0, 0.05) is 26.1 Å². The van der Waals surface area contributed by atoms with Crippen LogP contribution in [0.5, 0.6) is 0 Å². The van der Waals surface area contributed by atoms with Gasteiger partial charge in [0.2, 0.25) is 0 Å². The molecule has 6 nitrogen and oxygen atoms in total. The number of hydrogen-bond donors (Lipinski definition) is 3. The van der Waals surface area contributed by atoms with Gasteiger partial charge in [-0.3, -0.25) is 4.79 Å². The number of urea groups is 1. The second-order valence-electron chi connectivity index (χ2n) is 4.56. The number of nitrogens with one attached hydrogen (secondary N) is 2. The molecule has 0 atom stereocenters. The van der Waals surface area contributed by atoms with E-state index in [0.717, 1.165) is 11.1 Å². The lowest BCUT2D eigenvalue weighted by molar-refractivity contribution is -0.137. The van der Waals surface area contributed by atoms with E-state index in [2.05, 4.69) is 10.6 Å². The molecule has 21 heavy (non-hydrogen) atoms. The Hall–Kier alpha value is -2.08. The molecule has 0 aliphatic rings. The highest BCUT2D eigenvalue weighted by Gasteiger charge is 2.01. The smallest absolute Gasteiger partial charge is 0.315 e. The summed E-state index contributed by atoms with van der Waals surface area (Å²) in [6, 6.07) is 7.53. The van der Waals surface area contributed by atoms with Crippen LogP contribution in [0, 0.1) is 0 Å². The molecule has 0 unspecified atom stereocenters. The first-order valence-electron chi connectivity index (χ1n) is 7.01. The molecule has 1 aromatic carbocycles. The third-order valence-electron chi connectivity index (χ3n) is 2.80. The molecule has 0 spiro atoms. The van der Waals surface area contributed by atoms with Gasteiger partial charge in [-0.1, -0.05) is 24.3 Å². The minimum atomic E-state index is -0.857. The number of aliphatic carboxylic acids is 1. The fraction of sp³-hybridized carbons (Fsp3) is 0.467. The molecule has 0 fully saturated rings. The molecule has 2 amide bonds. The normalized spacial score (nSPS) is 10.1. The van der Waals surface area contributed by atoms with E-state index in [0.29, 0.717) is 32.7 Å². The highest BCUT2D eigenvalue weighted by atomic mass is 16.5.